The van der Waals surface area contributed by atoms with Crippen LogP contribution in [-0.4, -0.2) is 30.2 Å². The van der Waals surface area contributed by atoms with E-state index < -0.39 is 23.0 Å². The van der Waals surface area contributed by atoms with Crippen molar-refractivity contribution < 1.29 is 18.3 Å². The van der Waals surface area contributed by atoms with Crippen molar-refractivity contribution in [2.75, 3.05) is 13.7 Å². The molecule has 0 atom stereocenters. The molecule has 0 bridgehead atoms. The number of ether oxygens (including phenoxy) is 1. The molecule has 3 aromatic rings. The van der Waals surface area contributed by atoms with Gasteiger partial charge in [-0.1, -0.05) is 0 Å². The molecule has 0 saturated carbocycles. The standard InChI is InChI=1S/C16H12F2N2O3S/c1-3-23-16(22)11-14(21)8-6-10(17)12(18)9(7-19-2)13(8)20-4-5-24-15(11)20/h4-7H,3H2,1-2H3. The molecule has 124 valence electrons. The monoisotopic (exact) mass is 350 g/mol. The molecule has 0 aliphatic carbocycles. The Bertz CT molecular complexity index is 1050. The largest absolute Gasteiger partial charge is 0.462 e. The Morgan fingerprint density at radius 1 is 1.46 bits per heavy atom. The lowest BCUT2D eigenvalue weighted by molar-refractivity contribution is 0.0527. The maximum Gasteiger partial charge on any atom is 0.345 e. The van der Waals surface area contributed by atoms with Crippen LogP contribution in [0.25, 0.3) is 15.7 Å². The molecule has 8 heteroatoms. The Hall–Kier alpha value is -2.61. The van der Waals surface area contributed by atoms with E-state index in [4.69, 9.17) is 4.74 Å². The summed E-state index contributed by atoms with van der Waals surface area (Å²) >= 11 is 1.14. The Balaban J connectivity index is 2.58. The summed E-state index contributed by atoms with van der Waals surface area (Å²) in [5.41, 5.74) is -0.873. The highest BCUT2D eigenvalue weighted by molar-refractivity contribution is 7.16. The van der Waals surface area contributed by atoms with Gasteiger partial charge in [0, 0.05) is 24.8 Å². The predicted molar refractivity (Wildman–Crippen MR) is 88.4 cm³/mol. The van der Waals surface area contributed by atoms with Gasteiger partial charge in [0.05, 0.1) is 23.1 Å². The normalized spacial score (nSPS) is 11.7. The number of hydrogen-bond donors (Lipinski definition) is 0. The van der Waals surface area contributed by atoms with Crippen LogP contribution in [0.15, 0.2) is 27.4 Å². The summed E-state index contributed by atoms with van der Waals surface area (Å²) < 4.78 is 34.5. The van der Waals surface area contributed by atoms with Gasteiger partial charge in [0.15, 0.2) is 11.6 Å². The van der Waals surface area contributed by atoms with E-state index in [0.717, 1.165) is 23.6 Å². The Morgan fingerprint density at radius 2 is 2.21 bits per heavy atom. The second kappa shape index (κ2) is 6.12. The molecule has 1 aromatic carbocycles. The summed E-state index contributed by atoms with van der Waals surface area (Å²) in [7, 11) is 1.41. The highest BCUT2D eigenvalue weighted by Gasteiger charge is 2.24. The molecule has 0 spiro atoms. The van der Waals surface area contributed by atoms with Gasteiger partial charge in [-0.2, -0.15) is 0 Å². The molecule has 2 aromatic heterocycles. The second-order valence-corrected chi connectivity index (χ2v) is 5.77. The van der Waals surface area contributed by atoms with Crippen molar-refractivity contribution in [3.63, 3.8) is 0 Å². The first-order valence-electron chi connectivity index (χ1n) is 7.04. The molecule has 0 N–H and O–H groups in total. The van der Waals surface area contributed by atoms with Crippen LogP contribution in [0.5, 0.6) is 0 Å². The van der Waals surface area contributed by atoms with Gasteiger partial charge in [0.25, 0.3) is 0 Å². The highest BCUT2D eigenvalue weighted by Crippen LogP contribution is 2.27. The fraction of sp³-hybridized carbons (Fsp3) is 0.188. The molecular weight excluding hydrogens is 338 g/mol. The van der Waals surface area contributed by atoms with Crippen molar-refractivity contribution in [1.82, 2.24) is 4.40 Å². The second-order valence-electron chi connectivity index (χ2n) is 4.87. The number of aliphatic imine (C=N–C) groups is 1. The van der Waals surface area contributed by atoms with Gasteiger partial charge < -0.3 is 9.14 Å². The van der Waals surface area contributed by atoms with Crippen molar-refractivity contribution in [3.05, 3.63) is 50.6 Å². The van der Waals surface area contributed by atoms with Crippen molar-refractivity contribution in [2.45, 2.75) is 6.92 Å². The molecule has 0 amide bonds. The van der Waals surface area contributed by atoms with E-state index in [-0.39, 0.29) is 28.6 Å². The molecule has 3 rings (SSSR count). The third-order valence-electron chi connectivity index (χ3n) is 3.50. The zero-order valence-electron chi connectivity index (χ0n) is 12.8. The SMILES string of the molecule is CCOC(=O)c1c(=O)c2cc(F)c(F)c(C=NC)c2n2ccsc12. The van der Waals surface area contributed by atoms with Gasteiger partial charge in [-0.15, -0.1) is 11.3 Å². The molecule has 0 unspecified atom stereocenters. The van der Waals surface area contributed by atoms with E-state index in [1.807, 2.05) is 0 Å². The molecule has 0 aliphatic rings. The van der Waals surface area contributed by atoms with Crippen molar-refractivity contribution >= 4 is 39.3 Å². The summed E-state index contributed by atoms with van der Waals surface area (Å²) in [4.78, 5) is 28.9. The van der Waals surface area contributed by atoms with E-state index in [1.54, 1.807) is 18.5 Å². The molecule has 0 saturated heterocycles. The zero-order valence-corrected chi connectivity index (χ0v) is 13.6. The number of halogens is 2. The van der Waals surface area contributed by atoms with Crippen molar-refractivity contribution in [1.29, 1.82) is 0 Å². The number of rotatable bonds is 3. The summed E-state index contributed by atoms with van der Waals surface area (Å²) in [5.74, 6) is -3.07. The van der Waals surface area contributed by atoms with E-state index >= 15 is 0 Å². The predicted octanol–water partition coefficient (Wildman–Crippen LogP) is 3.02. The van der Waals surface area contributed by atoms with Gasteiger partial charge in [-0.25, -0.2) is 13.6 Å². The van der Waals surface area contributed by atoms with Crippen LogP contribution in [-0.2, 0) is 4.74 Å². The van der Waals surface area contributed by atoms with Crippen molar-refractivity contribution in [3.8, 4) is 0 Å². The summed E-state index contributed by atoms with van der Waals surface area (Å²) in [6.07, 6.45) is 2.73. The average molecular weight is 350 g/mol. The molecule has 0 fully saturated rings. The number of esters is 1. The van der Waals surface area contributed by atoms with Crippen LogP contribution in [0, 0.1) is 11.6 Å². The molecule has 24 heavy (non-hydrogen) atoms. The number of carbonyl (C=O) groups excluding carboxylic acids is 1. The van der Waals surface area contributed by atoms with Gasteiger partial charge in [0.1, 0.15) is 10.4 Å². The third-order valence-corrected chi connectivity index (χ3v) is 4.38. The first-order chi connectivity index (χ1) is 11.5. The van der Waals surface area contributed by atoms with Gasteiger partial charge in [-0.05, 0) is 13.0 Å². The van der Waals surface area contributed by atoms with E-state index in [0.29, 0.717) is 4.83 Å². The smallest absolute Gasteiger partial charge is 0.345 e. The number of hydrogen-bond acceptors (Lipinski definition) is 5. The minimum absolute atomic E-state index is 0.0966. The molecule has 0 aliphatic heterocycles. The minimum atomic E-state index is -1.18. The van der Waals surface area contributed by atoms with Gasteiger partial charge in [-0.3, -0.25) is 9.79 Å². The van der Waals surface area contributed by atoms with E-state index in [2.05, 4.69) is 4.99 Å². The first kappa shape index (κ1) is 16.3. The Kier molecular flexibility index (Phi) is 4.15. The van der Waals surface area contributed by atoms with Crippen LogP contribution < -0.4 is 5.43 Å². The quantitative estimate of drug-likeness (QED) is 0.539. The minimum Gasteiger partial charge on any atom is -0.462 e. The number of fused-ring (bicyclic) bond motifs is 3. The lowest BCUT2D eigenvalue weighted by atomic mass is 10.1. The fourth-order valence-corrected chi connectivity index (χ4v) is 3.44. The summed E-state index contributed by atoms with van der Waals surface area (Å²) in [6, 6.07) is 0.798. The van der Waals surface area contributed by atoms with Crippen LogP contribution in [0.1, 0.15) is 22.8 Å². The topological polar surface area (TPSA) is 60.1 Å². The molecular formula is C16H12F2N2O3S. The number of nitrogens with zero attached hydrogens (tertiary/aromatic N) is 2. The lowest BCUT2D eigenvalue weighted by Crippen LogP contribution is -2.20. The maximum atomic E-state index is 14.2. The Morgan fingerprint density at radius 3 is 2.88 bits per heavy atom. The Labute approximate surface area is 138 Å². The van der Waals surface area contributed by atoms with E-state index in [9.17, 15) is 18.4 Å². The van der Waals surface area contributed by atoms with Crippen LogP contribution in [0.4, 0.5) is 8.78 Å². The number of pyridine rings is 1. The summed E-state index contributed by atoms with van der Waals surface area (Å²) in [6.45, 7) is 1.71. The summed E-state index contributed by atoms with van der Waals surface area (Å²) in [5, 5.41) is 1.54. The van der Waals surface area contributed by atoms with E-state index in [1.165, 1.54) is 11.4 Å². The molecule has 5 nitrogen and oxygen atoms in total. The third kappa shape index (κ3) is 2.30. The first-order valence-corrected chi connectivity index (χ1v) is 7.92. The number of aromatic nitrogens is 1. The lowest BCUT2D eigenvalue weighted by Gasteiger charge is -2.10. The molecule has 2 heterocycles. The van der Waals surface area contributed by atoms with Gasteiger partial charge >= 0.3 is 5.97 Å². The number of carbonyl (C=O) groups is 1. The molecule has 0 radical (unpaired) electrons. The zero-order chi connectivity index (χ0) is 17.4. The van der Waals surface area contributed by atoms with Crippen molar-refractivity contribution in [2.24, 2.45) is 4.99 Å². The maximum absolute atomic E-state index is 14.2. The van der Waals surface area contributed by atoms with Gasteiger partial charge in [0.2, 0.25) is 5.43 Å². The fourth-order valence-electron chi connectivity index (χ4n) is 2.57. The average Bonchev–Trinajstić information content (AvgIpc) is 3.01. The number of benzene rings is 1. The van der Waals surface area contributed by atoms with Crippen LogP contribution >= 0.6 is 11.3 Å². The highest BCUT2D eigenvalue weighted by atomic mass is 32.1. The number of thiazole rings is 1. The van der Waals surface area contributed by atoms with Crippen LogP contribution in [0.2, 0.25) is 0 Å². The van der Waals surface area contributed by atoms with Crippen LogP contribution in [0.3, 0.4) is 0 Å².